The summed E-state index contributed by atoms with van der Waals surface area (Å²) in [4.78, 5) is 65.5. The molecule has 4 aromatic rings. The zero-order valence-corrected chi connectivity index (χ0v) is 20.5. The van der Waals surface area contributed by atoms with Crippen LogP contribution in [0.3, 0.4) is 0 Å². The molecule has 2 aliphatic rings. The van der Waals surface area contributed by atoms with E-state index < -0.39 is 29.6 Å². The highest BCUT2D eigenvalue weighted by atomic mass is 16.5. The first-order valence-electron chi connectivity index (χ1n) is 11.9. The van der Waals surface area contributed by atoms with Gasteiger partial charge in [-0.3, -0.25) is 19.2 Å². The van der Waals surface area contributed by atoms with Gasteiger partial charge in [-0.25, -0.2) is 14.6 Å². The Kier molecular flexibility index (Phi) is 5.52. The maximum Gasteiger partial charge on any atom is 0.335 e. The molecule has 0 unspecified atom stereocenters. The van der Waals surface area contributed by atoms with Crippen molar-refractivity contribution in [3.63, 3.8) is 0 Å². The molecule has 2 heterocycles. The fourth-order valence-electron chi connectivity index (χ4n) is 4.68. The number of anilines is 2. The highest BCUT2D eigenvalue weighted by Gasteiger charge is 2.38. The van der Waals surface area contributed by atoms with Gasteiger partial charge in [0.05, 0.1) is 39.2 Å². The Labute approximate surface area is 226 Å². The van der Waals surface area contributed by atoms with Crippen LogP contribution in [0.1, 0.15) is 57.4 Å². The van der Waals surface area contributed by atoms with E-state index in [-0.39, 0.29) is 45.0 Å². The van der Waals surface area contributed by atoms with Crippen LogP contribution in [0.25, 0.3) is 0 Å². The molecule has 192 valence electrons. The summed E-state index contributed by atoms with van der Waals surface area (Å²) >= 11 is 0. The van der Waals surface area contributed by atoms with E-state index in [0.29, 0.717) is 11.3 Å². The number of terminal acetylenes is 1. The molecule has 1 N–H and O–H groups in total. The number of hydrogen-bond acceptors (Lipinski definition) is 6. The van der Waals surface area contributed by atoms with Crippen LogP contribution in [0.5, 0.6) is 11.5 Å². The lowest BCUT2D eigenvalue weighted by atomic mass is 10.1. The highest BCUT2D eigenvalue weighted by molar-refractivity contribution is 6.35. The van der Waals surface area contributed by atoms with Crippen molar-refractivity contribution in [1.29, 1.82) is 0 Å². The van der Waals surface area contributed by atoms with E-state index in [2.05, 4.69) is 5.92 Å². The minimum absolute atomic E-state index is 0.00430. The number of fused-ring (bicyclic) bond motifs is 2. The smallest absolute Gasteiger partial charge is 0.335 e. The normalized spacial score (nSPS) is 13.8. The minimum Gasteiger partial charge on any atom is -0.478 e. The number of imide groups is 2. The number of amides is 4. The van der Waals surface area contributed by atoms with E-state index in [1.807, 2.05) is 0 Å². The summed E-state index contributed by atoms with van der Waals surface area (Å²) in [5, 5.41) is 9.24. The van der Waals surface area contributed by atoms with Gasteiger partial charge in [0.25, 0.3) is 23.6 Å². The summed E-state index contributed by atoms with van der Waals surface area (Å²) in [6.45, 7) is 0. The fourth-order valence-corrected chi connectivity index (χ4v) is 4.68. The lowest BCUT2D eigenvalue weighted by Crippen LogP contribution is -2.29. The van der Waals surface area contributed by atoms with Gasteiger partial charge in [-0.1, -0.05) is 18.1 Å². The second-order valence-electron chi connectivity index (χ2n) is 8.96. The summed E-state index contributed by atoms with van der Waals surface area (Å²) in [5.41, 5.74) is 1.45. The van der Waals surface area contributed by atoms with Crippen molar-refractivity contribution < 1.29 is 33.8 Å². The number of benzene rings is 4. The Bertz CT molecular complexity index is 1870. The van der Waals surface area contributed by atoms with Gasteiger partial charge in [-0.15, -0.1) is 6.42 Å². The van der Waals surface area contributed by atoms with E-state index in [0.717, 1.165) is 9.80 Å². The average Bonchev–Trinajstić information content (AvgIpc) is 3.36. The van der Waals surface area contributed by atoms with E-state index in [1.165, 1.54) is 42.5 Å². The number of hydrogen-bond donors (Lipinski definition) is 1. The lowest BCUT2D eigenvalue weighted by molar-refractivity contribution is 0.0695. The molecule has 4 amide bonds. The van der Waals surface area contributed by atoms with Crippen molar-refractivity contribution in [2.75, 3.05) is 9.80 Å². The van der Waals surface area contributed by atoms with Crippen molar-refractivity contribution in [3.05, 3.63) is 118 Å². The number of carbonyl (C=O) groups is 5. The largest absolute Gasteiger partial charge is 0.478 e. The van der Waals surface area contributed by atoms with Crippen LogP contribution in [0.15, 0.2) is 84.9 Å². The molecule has 40 heavy (non-hydrogen) atoms. The molecule has 9 nitrogen and oxygen atoms in total. The quantitative estimate of drug-likeness (QED) is 0.293. The summed E-state index contributed by atoms with van der Waals surface area (Å²) < 4.78 is 5.93. The maximum absolute atomic E-state index is 13.2. The summed E-state index contributed by atoms with van der Waals surface area (Å²) in [7, 11) is 0. The van der Waals surface area contributed by atoms with Gasteiger partial charge in [0, 0.05) is 11.6 Å². The standard InChI is InChI=1S/C31H16N2O7/c1-2-17-5-3-6-19(13-17)32-28(35)24-12-10-22(16-26(24)30(32)37)40-21-8-4-7-20(15-21)33-27(34)23-11-9-18(31(38)39)14-25(23)29(33)36/h1,3-16H,(H,38,39). The van der Waals surface area contributed by atoms with Gasteiger partial charge in [-0.05, 0) is 66.7 Å². The third kappa shape index (κ3) is 3.79. The van der Waals surface area contributed by atoms with Crippen LogP contribution in [-0.4, -0.2) is 34.7 Å². The Morgan fingerprint density at radius 3 is 1.85 bits per heavy atom. The second-order valence-corrected chi connectivity index (χ2v) is 8.96. The van der Waals surface area contributed by atoms with Crippen molar-refractivity contribution in [2.45, 2.75) is 0 Å². The van der Waals surface area contributed by atoms with Gasteiger partial charge >= 0.3 is 5.97 Å². The van der Waals surface area contributed by atoms with Gasteiger partial charge in [0.15, 0.2) is 0 Å². The Hall–Kier alpha value is -6.01. The predicted molar refractivity (Wildman–Crippen MR) is 143 cm³/mol. The van der Waals surface area contributed by atoms with E-state index >= 15 is 0 Å². The molecule has 0 aliphatic carbocycles. The van der Waals surface area contributed by atoms with Gasteiger partial charge < -0.3 is 9.84 Å². The number of rotatable bonds is 5. The number of aromatic carboxylic acids is 1. The molecule has 2 aliphatic heterocycles. The van der Waals surface area contributed by atoms with E-state index in [4.69, 9.17) is 11.2 Å². The Morgan fingerprint density at radius 1 is 0.650 bits per heavy atom. The number of ether oxygens (including phenoxy) is 1. The number of carbonyl (C=O) groups excluding carboxylic acids is 4. The van der Waals surface area contributed by atoms with Crippen LogP contribution in [0.2, 0.25) is 0 Å². The molecule has 0 saturated heterocycles. The molecule has 9 heteroatoms. The molecule has 6 rings (SSSR count). The van der Waals surface area contributed by atoms with Crippen molar-refractivity contribution >= 4 is 41.0 Å². The topological polar surface area (TPSA) is 121 Å². The third-order valence-corrected chi connectivity index (χ3v) is 6.57. The SMILES string of the molecule is C#Cc1cccc(N2C(=O)c3ccc(Oc4cccc(N5C(=O)c6ccc(C(=O)O)cc6C5=O)c4)cc3C2=O)c1. The molecular weight excluding hydrogens is 512 g/mol. The molecular formula is C31H16N2O7. The van der Waals surface area contributed by atoms with Crippen LogP contribution in [-0.2, 0) is 0 Å². The van der Waals surface area contributed by atoms with Crippen LogP contribution < -0.4 is 14.5 Å². The average molecular weight is 528 g/mol. The molecule has 0 saturated carbocycles. The molecule has 0 bridgehead atoms. The summed E-state index contributed by atoms with van der Waals surface area (Å²) in [5.74, 6) is -0.480. The van der Waals surface area contributed by atoms with Crippen LogP contribution in [0, 0.1) is 12.3 Å². The Balaban J connectivity index is 1.27. The molecule has 0 spiro atoms. The monoisotopic (exact) mass is 528 g/mol. The van der Waals surface area contributed by atoms with E-state index in [9.17, 15) is 29.1 Å². The molecule has 0 atom stereocenters. The Morgan fingerprint density at radius 2 is 1.20 bits per heavy atom. The first-order valence-corrected chi connectivity index (χ1v) is 11.9. The summed E-state index contributed by atoms with van der Waals surface area (Å²) in [6.07, 6.45) is 5.45. The maximum atomic E-state index is 13.2. The zero-order chi connectivity index (χ0) is 28.1. The first kappa shape index (κ1) is 24.3. The van der Waals surface area contributed by atoms with E-state index in [1.54, 1.807) is 42.5 Å². The third-order valence-electron chi connectivity index (χ3n) is 6.57. The van der Waals surface area contributed by atoms with Crippen molar-refractivity contribution in [1.82, 2.24) is 0 Å². The molecule has 4 aromatic carbocycles. The molecule has 0 radical (unpaired) electrons. The molecule has 0 aromatic heterocycles. The van der Waals surface area contributed by atoms with Gasteiger partial charge in [0.1, 0.15) is 11.5 Å². The van der Waals surface area contributed by atoms with Crippen molar-refractivity contribution in [2.24, 2.45) is 0 Å². The van der Waals surface area contributed by atoms with Crippen molar-refractivity contribution in [3.8, 4) is 23.8 Å². The lowest BCUT2D eigenvalue weighted by Gasteiger charge is -2.15. The predicted octanol–water partition coefficient (Wildman–Crippen LogP) is 4.76. The van der Waals surface area contributed by atoms with Gasteiger partial charge in [0.2, 0.25) is 0 Å². The summed E-state index contributed by atoms with van der Waals surface area (Å²) in [6, 6.07) is 21.0. The number of carboxylic acids is 1. The minimum atomic E-state index is -1.21. The van der Waals surface area contributed by atoms with Crippen LogP contribution in [0.4, 0.5) is 11.4 Å². The van der Waals surface area contributed by atoms with Gasteiger partial charge in [-0.2, -0.15) is 0 Å². The first-order chi connectivity index (χ1) is 19.3. The second kappa shape index (κ2) is 9.08. The fraction of sp³-hybridized carbons (Fsp3) is 0. The molecule has 0 fully saturated rings. The number of carboxylic acid groups (broad SMARTS) is 1. The van der Waals surface area contributed by atoms with Crippen LogP contribution >= 0.6 is 0 Å². The highest BCUT2D eigenvalue weighted by Crippen LogP contribution is 2.35. The zero-order valence-electron chi connectivity index (χ0n) is 20.5. The number of nitrogens with zero attached hydrogens (tertiary/aromatic N) is 2.